The summed E-state index contributed by atoms with van der Waals surface area (Å²) in [5.74, 6) is 0.787. The third-order valence-corrected chi connectivity index (χ3v) is 6.92. The molecular formula is C33H45N9. The quantitative estimate of drug-likeness (QED) is 0.196. The van der Waals surface area contributed by atoms with Crippen LogP contribution in [0, 0.1) is 20.8 Å². The van der Waals surface area contributed by atoms with E-state index in [1.54, 1.807) is 24.8 Å². The molecule has 0 atom stereocenters. The van der Waals surface area contributed by atoms with Gasteiger partial charge < -0.3 is 4.40 Å². The van der Waals surface area contributed by atoms with E-state index >= 15 is 0 Å². The molecule has 0 spiro atoms. The first-order valence-corrected chi connectivity index (χ1v) is 14.4. The van der Waals surface area contributed by atoms with Crippen molar-refractivity contribution in [3.8, 4) is 0 Å². The van der Waals surface area contributed by atoms with E-state index < -0.39 is 0 Å². The highest BCUT2D eigenvalue weighted by molar-refractivity contribution is 5.44. The van der Waals surface area contributed by atoms with Crippen molar-refractivity contribution in [3.63, 3.8) is 0 Å². The van der Waals surface area contributed by atoms with Crippen molar-refractivity contribution in [3.05, 3.63) is 89.8 Å². The molecule has 42 heavy (non-hydrogen) atoms. The van der Waals surface area contributed by atoms with Crippen molar-refractivity contribution in [1.29, 1.82) is 0 Å². The van der Waals surface area contributed by atoms with Crippen LogP contribution in [0.5, 0.6) is 0 Å². The van der Waals surface area contributed by atoms with Crippen molar-refractivity contribution < 1.29 is 0 Å². The molecule has 9 nitrogen and oxygen atoms in total. The number of imidazole rings is 3. The molecule has 0 unspecified atom stereocenters. The van der Waals surface area contributed by atoms with Crippen LogP contribution in [0.2, 0.25) is 0 Å². The van der Waals surface area contributed by atoms with Gasteiger partial charge >= 0.3 is 0 Å². The molecule has 222 valence electrons. The molecule has 0 radical (unpaired) electrons. The maximum Gasteiger partial charge on any atom is 0.234 e. The molecule has 0 aromatic carbocycles. The number of nitrogens with zero attached hydrogens (tertiary/aromatic N) is 9. The van der Waals surface area contributed by atoms with Gasteiger partial charge in [-0.15, -0.1) is 0 Å². The van der Waals surface area contributed by atoms with E-state index in [-0.39, 0.29) is 16.2 Å². The second-order valence-corrected chi connectivity index (χ2v) is 13.8. The summed E-state index contributed by atoms with van der Waals surface area (Å²) in [5.41, 5.74) is 9.20. The van der Waals surface area contributed by atoms with Crippen molar-refractivity contribution in [2.24, 2.45) is 0 Å². The summed E-state index contributed by atoms with van der Waals surface area (Å²) in [5, 5.41) is 0. The molecule has 6 aromatic heterocycles. The van der Waals surface area contributed by atoms with E-state index in [4.69, 9.17) is 0 Å². The number of fused-ring (bicyclic) bond motifs is 3. The fraction of sp³-hybridized carbons (Fsp3) is 0.455. The molecule has 0 bridgehead atoms. The van der Waals surface area contributed by atoms with E-state index in [2.05, 4.69) is 105 Å². The predicted molar refractivity (Wildman–Crippen MR) is 169 cm³/mol. The van der Waals surface area contributed by atoms with Gasteiger partial charge in [-0.1, -0.05) is 62.3 Å². The zero-order valence-electron chi connectivity index (χ0n) is 27.2. The average Bonchev–Trinajstić information content (AvgIpc) is 3.51. The molecule has 6 rings (SSSR count). The Kier molecular flexibility index (Phi) is 8.27. The highest BCUT2D eigenvalue weighted by atomic mass is 15.1. The van der Waals surface area contributed by atoms with E-state index in [1.165, 1.54) is 17.1 Å². The van der Waals surface area contributed by atoms with Crippen LogP contribution >= 0.6 is 0 Å². The third-order valence-electron chi connectivity index (χ3n) is 6.92. The number of aryl methyl sites for hydroxylation is 3. The van der Waals surface area contributed by atoms with Gasteiger partial charge in [-0.2, -0.15) is 0 Å². The second-order valence-electron chi connectivity index (χ2n) is 13.8. The van der Waals surface area contributed by atoms with E-state index in [1.807, 2.05) is 51.6 Å². The zero-order valence-corrected chi connectivity index (χ0v) is 27.2. The Labute approximate surface area is 249 Å². The third kappa shape index (κ3) is 6.35. The van der Waals surface area contributed by atoms with Gasteiger partial charge in [0.2, 0.25) is 5.78 Å². The van der Waals surface area contributed by atoms with Crippen LogP contribution in [-0.4, -0.2) is 43.1 Å². The van der Waals surface area contributed by atoms with Crippen LogP contribution in [0.4, 0.5) is 0 Å². The first-order valence-electron chi connectivity index (χ1n) is 14.4. The van der Waals surface area contributed by atoms with Crippen LogP contribution in [0.25, 0.3) is 17.1 Å². The predicted octanol–water partition coefficient (Wildman–Crippen LogP) is 7.01. The summed E-state index contributed by atoms with van der Waals surface area (Å²) in [4.78, 5) is 25.8. The lowest BCUT2D eigenvalue weighted by molar-refractivity contribution is 0.557. The first kappa shape index (κ1) is 30.8. The Morgan fingerprint density at radius 3 is 1.71 bits per heavy atom. The van der Waals surface area contributed by atoms with Gasteiger partial charge in [0.15, 0.2) is 5.65 Å². The molecule has 0 saturated carbocycles. The van der Waals surface area contributed by atoms with Crippen molar-refractivity contribution in [2.45, 2.75) is 99.3 Å². The molecule has 0 aliphatic heterocycles. The fourth-order valence-electron chi connectivity index (χ4n) is 5.75. The minimum atomic E-state index is 0.104. The average molecular weight is 568 g/mol. The van der Waals surface area contributed by atoms with Crippen molar-refractivity contribution >= 4 is 17.1 Å². The fourth-order valence-corrected chi connectivity index (χ4v) is 5.75. The lowest BCUT2D eigenvalue weighted by Gasteiger charge is -2.18. The Hall–Kier alpha value is -4.14. The van der Waals surface area contributed by atoms with Crippen LogP contribution in [-0.2, 0) is 16.2 Å². The van der Waals surface area contributed by atoms with Crippen LogP contribution in [0.1, 0.15) is 96.5 Å². The van der Waals surface area contributed by atoms with Crippen molar-refractivity contribution in [2.75, 3.05) is 0 Å². The van der Waals surface area contributed by atoms with Gasteiger partial charge in [0, 0.05) is 47.2 Å². The second kappa shape index (κ2) is 11.3. The Bertz CT molecular complexity index is 1600. The van der Waals surface area contributed by atoms with E-state index in [0.717, 1.165) is 34.2 Å². The molecule has 9 heteroatoms. The number of aromatic nitrogens is 9. The lowest BCUT2D eigenvalue weighted by atomic mass is 9.91. The largest absolute Gasteiger partial charge is 0.300 e. The summed E-state index contributed by atoms with van der Waals surface area (Å²) in [6.45, 7) is 25.9. The van der Waals surface area contributed by atoms with Gasteiger partial charge in [-0.05, 0) is 32.9 Å². The molecule has 0 N–H and O–H groups in total. The van der Waals surface area contributed by atoms with E-state index in [9.17, 15) is 0 Å². The maximum absolute atomic E-state index is 4.50. The van der Waals surface area contributed by atoms with Gasteiger partial charge in [0.1, 0.15) is 12.0 Å². The van der Waals surface area contributed by atoms with Gasteiger partial charge in [-0.3, -0.25) is 13.8 Å². The van der Waals surface area contributed by atoms with Crippen molar-refractivity contribution in [1.82, 2.24) is 43.1 Å². The normalized spacial score (nSPS) is 12.3. The summed E-state index contributed by atoms with van der Waals surface area (Å²) in [6.07, 6.45) is 12.9. The molecular weight excluding hydrogens is 522 g/mol. The SMILES string of the molecule is Cc1nc2ccncn2c1C(C)(C)C.Cc1nc2cnccn2c1C(C)(C)C.Cc1nc2ncccn2c1C(C)(C)C. The lowest BCUT2D eigenvalue weighted by Crippen LogP contribution is -2.15. The summed E-state index contributed by atoms with van der Waals surface area (Å²) in [7, 11) is 0. The Morgan fingerprint density at radius 1 is 0.548 bits per heavy atom. The minimum absolute atomic E-state index is 0.104. The highest BCUT2D eigenvalue weighted by Crippen LogP contribution is 2.27. The standard InChI is InChI=1S/3C11H15N3/c1-8-10(11(2,3)4)14-6-5-12-7-9(14)13-8;1-8-10(11(2,3)4)14-7-12-6-5-9(14)13-8;1-8-9(11(2,3)4)14-7-5-6-12-10(14)13-8/h3*5-7H,1-4H3. The summed E-state index contributed by atoms with van der Waals surface area (Å²) >= 11 is 0. The van der Waals surface area contributed by atoms with Gasteiger partial charge in [0.05, 0.1) is 40.4 Å². The molecule has 0 aliphatic carbocycles. The first-order chi connectivity index (χ1) is 19.5. The van der Waals surface area contributed by atoms with Crippen LogP contribution < -0.4 is 0 Å². The monoisotopic (exact) mass is 567 g/mol. The minimum Gasteiger partial charge on any atom is -0.300 e. The van der Waals surface area contributed by atoms with Crippen LogP contribution in [0.15, 0.2) is 55.6 Å². The van der Waals surface area contributed by atoms with Crippen LogP contribution in [0.3, 0.4) is 0 Å². The molecule has 0 saturated heterocycles. The molecule has 0 amide bonds. The smallest absolute Gasteiger partial charge is 0.234 e. The zero-order chi connectivity index (χ0) is 31.0. The molecule has 6 heterocycles. The topological polar surface area (TPSA) is 90.6 Å². The maximum atomic E-state index is 4.50. The Balaban J connectivity index is 0.000000145. The van der Waals surface area contributed by atoms with Gasteiger partial charge in [-0.25, -0.2) is 24.9 Å². The molecule has 6 aromatic rings. The number of hydrogen-bond acceptors (Lipinski definition) is 6. The summed E-state index contributed by atoms with van der Waals surface area (Å²) in [6, 6.07) is 3.87. The summed E-state index contributed by atoms with van der Waals surface area (Å²) < 4.78 is 6.24. The van der Waals surface area contributed by atoms with E-state index in [0.29, 0.717) is 0 Å². The Morgan fingerprint density at radius 2 is 1.10 bits per heavy atom. The molecule has 0 fully saturated rings. The van der Waals surface area contributed by atoms with Gasteiger partial charge in [0.25, 0.3) is 0 Å². The molecule has 0 aliphatic rings. The highest BCUT2D eigenvalue weighted by Gasteiger charge is 2.23. The number of rotatable bonds is 0. The number of hydrogen-bond donors (Lipinski definition) is 0.